The zero-order valence-corrected chi connectivity index (χ0v) is 11.9. The van der Waals surface area contributed by atoms with Crippen molar-refractivity contribution in [2.75, 3.05) is 13.6 Å². The average molecular weight is 269 g/mol. The molecule has 2 rings (SSSR count). The molecule has 1 atom stereocenters. The predicted octanol–water partition coefficient (Wildman–Crippen LogP) is 2.72. The number of aromatic nitrogens is 1. The van der Waals surface area contributed by atoms with E-state index in [-0.39, 0.29) is 5.91 Å². The summed E-state index contributed by atoms with van der Waals surface area (Å²) in [6.07, 6.45) is 3.34. The van der Waals surface area contributed by atoms with E-state index in [1.165, 1.54) is 10.9 Å². The zero-order chi connectivity index (χ0) is 14.5. The molecule has 0 bridgehead atoms. The van der Waals surface area contributed by atoms with E-state index >= 15 is 0 Å². The van der Waals surface area contributed by atoms with Gasteiger partial charge in [0.2, 0.25) is 5.91 Å². The molecule has 0 aliphatic heterocycles. The number of likely N-dealkylation sites (N-methyl/N-ethyl adjacent to an activating group) is 1. The summed E-state index contributed by atoms with van der Waals surface area (Å²) in [6, 6.07) is 10.2. The quantitative estimate of drug-likeness (QED) is 0.907. The Hall–Kier alpha value is -2.28. The van der Waals surface area contributed by atoms with E-state index in [4.69, 9.17) is 5.26 Å². The highest BCUT2D eigenvalue weighted by Crippen LogP contribution is 2.18. The van der Waals surface area contributed by atoms with Crippen LogP contribution in [0.2, 0.25) is 0 Å². The SMILES string of the molecule is CCC(C#N)C(=O)N(C)CCc1c[nH]c2ccccc12. The Morgan fingerprint density at radius 3 is 2.90 bits per heavy atom. The lowest BCUT2D eigenvalue weighted by atomic mass is 10.1. The number of hydrogen-bond acceptors (Lipinski definition) is 2. The maximum atomic E-state index is 12.0. The van der Waals surface area contributed by atoms with Gasteiger partial charge in [0.1, 0.15) is 5.92 Å². The molecule has 0 saturated heterocycles. The fraction of sp³-hybridized carbons (Fsp3) is 0.375. The Labute approximate surface area is 119 Å². The number of aromatic amines is 1. The van der Waals surface area contributed by atoms with Gasteiger partial charge in [-0.3, -0.25) is 4.79 Å². The molecule has 1 aromatic carbocycles. The number of fused-ring (bicyclic) bond motifs is 1. The number of hydrogen-bond donors (Lipinski definition) is 1. The minimum Gasteiger partial charge on any atom is -0.361 e. The number of H-pyrrole nitrogens is 1. The molecule has 0 saturated carbocycles. The first kappa shape index (κ1) is 14.1. The molecule has 0 aliphatic carbocycles. The lowest BCUT2D eigenvalue weighted by molar-refractivity contribution is -0.132. The van der Waals surface area contributed by atoms with Crippen LogP contribution in [0.15, 0.2) is 30.5 Å². The van der Waals surface area contributed by atoms with Crippen molar-refractivity contribution < 1.29 is 4.79 Å². The number of para-hydroxylation sites is 1. The van der Waals surface area contributed by atoms with Gasteiger partial charge in [-0.1, -0.05) is 25.1 Å². The lowest BCUT2D eigenvalue weighted by Crippen LogP contribution is -2.33. The van der Waals surface area contributed by atoms with Crippen molar-refractivity contribution in [3.8, 4) is 6.07 Å². The molecule has 0 aliphatic rings. The molecule has 2 aromatic rings. The molecule has 0 fully saturated rings. The van der Waals surface area contributed by atoms with Crippen molar-refractivity contribution in [3.63, 3.8) is 0 Å². The molecule has 104 valence electrons. The smallest absolute Gasteiger partial charge is 0.239 e. The summed E-state index contributed by atoms with van der Waals surface area (Å²) in [4.78, 5) is 16.9. The summed E-state index contributed by atoms with van der Waals surface area (Å²) in [7, 11) is 1.76. The fourth-order valence-electron chi connectivity index (χ4n) is 2.32. The van der Waals surface area contributed by atoms with E-state index in [0.29, 0.717) is 13.0 Å². The average Bonchev–Trinajstić information content (AvgIpc) is 2.89. The van der Waals surface area contributed by atoms with Crippen LogP contribution in [-0.2, 0) is 11.2 Å². The highest BCUT2D eigenvalue weighted by Gasteiger charge is 2.19. The van der Waals surface area contributed by atoms with Gasteiger partial charge in [0.25, 0.3) is 0 Å². The van der Waals surface area contributed by atoms with Crippen LogP contribution in [0, 0.1) is 17.2 Å². The van der Waals surface area contributed by atoms with Crippen LogP contribution in [0.5, 0.6) is 0 Å². The van der Waals surface area contributed by atoms with Gasteiger partial charge in [-0.25, -0.2) is 0 Å². The van der Waals surface area contributed by atoms with Crippen LogP contribution in [0.25, 0.3) is 10.9 Å². The summed E-state index contributed by atoms with van der Waals surface area (Å²) >= 11 is 0. The van der Waals surface area contributed by atoms with Gasteiger partial charge in [-0.15, -0.1) is 0 Å². The monoisotopic (exact) mass is 269 g/mol. The van der Waals surface area contributed by atoms with E-state index in [1.807, 2.05) is 31.3 Å². The summed E-state index contributed by atoms with van der Waals surface area (Å²) in [6.45, 7) is 2.48. The van der Waals surface area contributed by atoms with E-state index in [9.17, 15) is 4.79 Å². The zero-order valence-electron chi connectivity index (χ0n) is 11.9. The van der Waals surface area contributed by atoms with Crippen LogP contribution >= 0.6 is 0 Å². The second-order valence-electron chi connectivity index (χ2n) is 4.96. The molecule has 1 N–H and O–H groups in total. The van der Waals surface area contributed by atoms with Crippen LogP contribution in [0.1, 0.15) is 18.9 Å². The molecule has 1 amide bonds. The third-order valence-corrected chi connectivity index (χ3v) is 3.63. The van der Waals surface area contributed by atoms with Gasteiger partial charge in [-0.05, 0) is 24.5 Å². The van der Waals surface area contributed by atoms with E-state index in [1.54, 1.807) is 11.9 Å². The maximum absolute atomic E-state index is 12.0. The Balaban J connectivity index is 2.02. The molecule has 0 spiro atoms. The second kappa shape index (κ2) is 6.25. The van der Waals surface area contributed by atoms with Gasteiger partial charge in [-0.2, -0.15) is 5.26 Å². The standard InChI is InChI=1S/C16H19N3O/c1-3-12(10-17)16(20)19(2)9-8-13-11-18-15-7-5-4-6-14(13)15/h4-7,11-12,18H,3,8-9H2,1-2H3. The van der Waals surface area contributed by atoms with Gasteiger partial charge < -0.3 is 9.88 Å². The number of carbonyl (C=O) groups excluding carboxylic acids is 1. The van der Waals surface area contributed by atoms with Crippen molar-refractivity contribution in [3.05, 3.63) is 36.0 Å². The summed E-state index contributed by atoms with van der Waals surface area (Å²) in [5.41, 5.74) is 2.31. The molecular formula is C16H19N3O. The van der Waals surface area contributed by atoms with E-state index in [0.717, 1.165) is 11.9 Å². The first-order chi connectivity index (χ1) is 9.67. The number of benzene rings is 1. The van der Waals surface area contributed by atoms with Gasteiger partial charge in [0, 0.05) is 30.7 Å². The molecule has 20 heavy (non-hydrogen) atoms. The van der Waals surface area contributed by atoms with Crippen molar-refractivity contribution in [1.82, 2.24) is 9.88 Å². The highest BCUT2D eigenvalue weighted by molar-refractivity contribution is 5.83. The van der Waals surface area contributed by atoms with Crippen LogP contribution < -0.4 is 0 Å². The molecule has 4 heteroatoms. The Morgan fingerprint density at radius 2 is 2.20 bits per heavy atom. The van der Waals surface area contributed by atoms with Crippen LogP contribution in [-0.4, -0.2) is 29.4 Å². The maximum Gasteiger partial charge on any atom is 0.239 e. The van der Waals surface area contributed by atoms with E-state index in [2.05, 4.69) is 17.1 Å². The molecule has 4 nitrogen and oxygen atoms in total. The topological polar surface area (TPSA) is 59.9 Å². The number of nitriles is 1. The first-order valence-corrected chi connectivity index (χ1v) is 6.87. The Kier molecular flexibility index (Phi) is 4.41. The summed E-state index contributed by atoms with van der Waals surface area (Å²) < 4.78 is 0. The Bertz CT molecular complexity index is 638. The highest BCUT2D eigenvalue weighted by atomic mass is 16.2. The van der Waals surface area contributed by atoms with Crippen molar-refractivity contribution in [2.45, 2.75) is 19.8 Å². The first-order valence-electron chi connectivity index (χ1n) is 6.87. The third-order valence-electron chi connectivity index (χ3n) is 3.63. The normalized spacial score (nSPS) is 12.1. The number of carbonyl (C=O) groups is 1. The van der Waals surface area contributed by atoms with Crippen molar-refractivity contribution >= 4 is 16.8 Å². The van der Waals surface area contributed by atoms with Gasteiger partial charge >= 0.3 is 0 Å². The van der Waals surface area contributed by atoms with Crippen molar-refractivity contribution in [1.29, 1.82) is 5.26 Å². The molecule has 1 aromatic heterocycles. The second-order valence-corrected chi connectivity index (χ2v) is 4.96. The minimum atomic E-state index is -0.525. The summed E-state index contributed by atoms with van der Waals surface area (Å²) in [5.74, 6) is -0.613. The van der Waals surface area contributed by atoms with Crippen molar-refractivity contribution in [2.24, 2.45) is 5.92 Å². The third kappa shape index (κ3) is 2.83. The van der Waals surface area contributed by atoms with Gasteiger partial charge in [0.15, 0.2) is 0 Å². The molecule has 1 unspecified atom stereocenters. The van der Waals surface area contributed by atoms with Crippen LogP contribution in [0.4, 0.5) is 0 Å². The summed E-state index contributed by atoms with van der Waals surface area (Å²) in [5, 5.41) is 10.1. The lowest BCUT2D eigenvalue weighted by Gasteiger charge is -2.19. The molecular weight excluding hydrogens is 250 g/mol. The largest absolute Gasteiger partial charge is 0.361 e. The molecule has 1 heterocycles. The van der Waals surface area contributed by atoms with Crippen LogP contribution in [0.3, 0.4) is 0 Å². The number of nitrogens with zero attached hydrogens (tertiary/aromatic N) is 2. The fourth-order valence-corrected chi connectivity index (χ4v) is 2.32. The molecule has 0 radical (unpaired) electrons. The van der Waals surface area contributed by atoms with Gasteiger partial charge in [0.05, 0.1) is 6.07 Å². The van der Waals surface area contributed by atoms with E-state index < -0.39 is 5.92 Å². The number of amides is 1. The minimum absolute atomic E-state index is 0.0881. The number of rotatable bonds is 5. The number of nitrogens with one attached hydrogen (secondary N) is 1. The Morgan fingerprint density at radius 1 is 1.45 bits per heavy atom. The predicted molar refractivity (Wildman–Crippen MR) is 79.0 cm³/mol.